The largest absolute Gasteiger partial charge is 0.453 e. The first-order chi connectivity index (χ1) is 11.3. The van der Waals surface area contributed by atoms with Gasteiger partial charge in [-0.2, -0.15) is 0 Å². The molecule has 0 saturated heterocycles. The SMILES string of the molecule is O=C(C=Cc1csc(-c2cccs2)n1)c1cc2ccccc2o1. The molecule has 5 heteroatoms. The van der Waals surface area contributed by atoms with E-state index in [9.17, 15) is 4.79 Å². The Labute approximate surface area is 140 Å². The third-order valence-electron chi connectivity index (χ3n) is 3.33. The molecule has 3 nitrogen and oxygen atoms in total. The lowest BCUT2D eigenvalue weighted by Crippen LogP contribution is -1.90. The fraction of sp³-hybridized carbons (Fsp3) is 0. The van der Waals surface area contributed by atoms with E-state index in [0.717, 1.165) is 26.5 Å². The topological polar surface area (TPSA) is 43.1 Å². The van der Waals surface area contributed by atoms with Crippen LogP contribution in [-0.4, -0.2) is 10.8 Å². The lowest BCUT2D eigenvalue weighted by Gasteiger charge is -1.88. The third kappa shape index (κ3) is 2.88. The number of aromatic nitrogens is 1. The molecule has 3 aromatic heterocycles. The second kappa shape index (κ2) is 5.95. The van der Waals surface area contributed by atoms with Gasteiger partial charge < -0.3 is 4.42 Å². The first kappa shape index (κ1) is 14.1. The predicted octanol–water partition coefficient (Wildman–Crippen LogP) is 5.51. The van der Waals surface area contributed by atoms with Crippen molar-refractivity contribution in [3.05, 3.63) is 70.8 Å². The number of carbonyl (C=O) groups excluding carboxylic acids is 1. The summed E-state index contributed by atoms with van der Waals surface area (Å²) >= 11 is 3.23. The van der Waals surface area contributed by atoms with Crippen molar-refractivity contribution in [3.63, 3.8) is 0 Å². The number of ketones is 1. The zero-order valence-corrected chi connectivity index (χ0v) is 13.6. The molecule has 0 amide bonds. The number of hydrogen-bond acceptors (Lipinski definition) is 5. The number of rotatable bonds is 4. The van der Waals surface area contributed by atoms with Crippen LogP contribution in [0, 0.1) is 0 Å². The van der Waals surface area contributed by atoms with Crippen LogP contribution in [0.25, 0.3) is 26.9 Å². The summed E-state index contributed by atoms with van der Waals surface area (Å²) < 4.78 is 5.57. The Kier molecular flexibility index (Phi) is 3.65. The molecule has 112 valence electrons. The molecular weight excluding hydrogens is 326 g/mol. The van der Waals surface area contributed by atoms with Gasteiger partial charge in [0.05, 0.1) is 10.6 Å². The number of para-hydroxylation sites is 1. The Hall–Kier alpha value is -2.50. The average Bonchev–Trinajstić information content (AvgIpc) is 3.31. The Morgan fingerprint density at radius 3 is 2.87 bits per heavy atom. The van der Waals surface area contributed by atoms with Gasteiger partial charge in [0, 0.05) is 10.8 Å². The van der Waals surface area contributed by atoms with Crippen molar-refractivity contribution in [1.29, 1.82) is 0 Å². The maximum absolute atomic E-state index is 12.2. The minimum Gasteiger partial charge on any atom is -0.453 e. The lowest BCUT2D eigenvalue weighted by molar-refractivity contribution is 0.102. The Morgan fingerprint density at radius 2 is 2.04 bits per heavy atom. The molecule has 0 atom stereocenters. The number of allylic oxidation sites excluding steroid dienone is 1. The summed E-state index contributed by atoms with van der Waals surface area (Å²) in [6, 6.07) is 13.4. The first-order valence-electron chi connectivity index (χ1n) is 7.00. The van der Waals surface area contributed by atoms with E-state index in [1.807, 2.05) is 47.2 Å². The number of hydrogen-bond donors (Lipinski definition) is 0. The fourth-order valence-electron chi connectivity index (χ4n) is 2.22. The van der Waals surface area contributed by atoms with Crippen molar-refractivity contribution in [2.24, 2.45) is 0 Å². The summed E-state index contributed by atoms with van der Waals surface area (Å²) in [5, 5.41) is 5.86. The predicted molar refractivity (Wildman–Crippen MR) is 95.0 cm³/mol. The summed E-state index contributed by atoms with van der Waals surface area (Å²) in [5.41, 5.74) is 1.50. The van der Waals surface area contributed by atoms with Crippen molar-refractivity contribution in [2.75, 3.05) is 0 Å². The van der Waals surface area contributed by atoms with Gasteiger partial charge in [-0.05, 0) is 35.7 Å². The van der Waals surface area contributed by atoms with E-state index in [2.05, 4.69) is 4.98 Å². The van der Waals surface area contributed by atoms with E-state index >= 15 is 0 Å². The summed E-state index contributed by atoms with van der Waals surface area (Å²) in [7, 11) is 0. The maximum atomic E-state index is 12.2. The third-order valence-corrected chi connectivity index (χ3v) is 5.23. The van der Waals surface area contributed by atoms with Gasteiger partial charge in [0.15, 0.2) is 5.76 Å². The van der Waals surface area contributed by atoms with Crippen molar-refractivity contribution >= 4 is 45.5 Å². The first-order valence-corrected chi connectivity index (χ1v) is 8.76. The Bertz CT molecular complexity index is 960. The van der Waals surface area contributed by atoms with Crippen LogP contribution < -0.4 is 0 Å². The summed E-state index contributed by atoms with van der Waals surface area (Å²) in [6.07, 6.45) is 3.23. The van der Waals surface area contributed by atoms with Gasteiger partial charge in [-0.15, -0.1) is 22.7 Å². The second-order valence-corrected chi connectivity index (χ2v) is 6.71. The summed E-state index contributed by atoms with van der Waals surface area (Å²) in [4.78, 5) is 17.9. The highest BCUT2D eigenvalue weighted by Crippen LogP contribution is 2.28. The number of fused-ring (bicyclic) bond motifs is 1. The van der Waals surface area contributed by atoms with E-state index in [1.54, 1.807) is 34.8 Å². The number of thiazole rings is 1. The van der Waals surface area contributed by atoms with Crippen LogP contribution >= 0.6 is 22.7 Å². The lowest BCUT2D eigenvalue weighted by atomic mass is 10.2. The van der Waals surface area contributed by atoms with Crippen molar-refractivity contribution in [3.8, 4) is 9.88 Å². The number of nitrogens with zero attached hydrogens (tertiary/aromatic N) is 1. The second-order valence-electron chi connectivity index (χ2n) is 4.90. The molecule has 0 aliphatic carbocycles. The highest BCUT2D eigenvalue weighted by Gasteiger charge is 2.09. The molecule has 3 heterocycles. The standard InChI is InChI=1S/C18H11NO2S2/c20-14(16-10-12-4-1-2-5-15(12)21-16)8-7-13-11-23-18(19-13)17-6-3-9-22-17/h1-11H. The molecular formula is C18H11NO2S2. The molecule has 23 heavy (non-hydrogen) atoms. The van der Waals surface area contributed by atoms with Crippen LogP contribution in [-0.2, 0) is 0 Å². The van der Waals surface area contributed by atoms with Gasteiger partial charge >= 0.3 is 0 Å². The van der Waals surface area contributed by atoms with Crippen molar-refractivity contribution in [2.45, 2.75) is 0 Å². The molecule has 0 radical (unpaired) electrons. The van der Waals surface area contributed by atoms with Gasteiger partial charge in [0.25, 0.3) is 0 Å². The molecule has 0 fully saturated rings. The molecule has 4 aromatic rings. The van der Waals surface area contributed by atoms with E-state index in [0.29, 0.717) is 5.76 Å². The highest BCUT2D eigenvalue weighted by molar-refractivity contribution is 7.20. The van der Waals surface area contributed by atoms with Crippen molar-refractivity contribution in [1.82, 2.24) is 4.98 Å². The summed E-state index contributed by atoms with van der Waals surface area (Å²) in [6.45, 7) is 0. The maximum Gasteiger partial charge on any atom is 0.221 e. The zero-order chi connectivity index (χ0) is 15.6. The minimum atomic E-state index is -0.160. The van der Waals surface area contributed by atoms with E-state index in [4.69, 9.17) is 4.42 Å². The number of thiophene rings is 1. The van der Waals surface area contributed by atoms with Crippen molar-refractivity contribution < 1.29 is 9.21 Å². The zero-order valence-electron chi connectivity index (χ0n) is 11.9. The normalized spacial score (nSPS) is 11.5. The van der Waals surface area contributed by atoms with E-state index in [-0.39, 0.29) is 5.78 Å². The van der Waals surface area contributed by atoms with Crippen LogP contribution in [0.2, 0.25) is 0 Å². The average molecular weight is 337 g/mol. The molecule has 0 N–H and O–H groups in total. The molecule has 0 unspecified atom stereocenters. The van der Waals surface area contributed by atoms with Crippen LogP contribution in [0.4, 0.5) is 0 Å². The smallest absolute Gasteiger partial charge is 0.221 e. The molecule has 0 saturated carbocycles. The molecule has 0 spiro atoms. The number of carbonyl (C=O) groups is 1. The Morgan fingerprint density at radius 1 is 1.13 bits per heavy atom. The van der Waals surface area contributed by atoms with Crippen LogP contribution in [0.15, 0.2) is 63.7 Å². The number of benzene rings is 1. The summed E-state index contributed by atoms with van der Waals surface area (Å²) in [5.74, 6) is 0.183. The van der Waals surface area contributed by atoms with Crippen LogP contribution in [0.3, 0.4) is 0 Å². The van der Waals surface area contributed by atoms with E-state index in [1.165, 1.54) is 6.08 Å². The molecule has 0 aliphatic rings. The Balaban J connectivity index is 1.55. The molecule has 1 aromatic carbocycles. The van der Waals surface area contributed by atoms with Gasteiger partial charge in [-0.25, -0.2) is 4.98 Å². The van der Waals surface area contributed by atoms with Crippen LogP contribution in [0.5, 0.6) is 0 Å². The highest BCUT2D eigenvalue weighted by atomic mass is 32.1. The van der Waals surface area contributed by atoms with Gasteiger partial charge in [-0.1, -0.05) is 24.3 Å². The van der Waals surface area contributed by atoms with Crippen LogP contribution in [0.1, 0.15) is 16.2 Å². The minimum absolute atomic E-state index is 0.160. The fourth-order valence-corrected chi connectivity index (χ4v) is 3.82. The molecule has 4 rings (SSSR count). The van der Waals surface area contributed by atoms with Gasteiger partial charge in [0.1, 0.15) is 10.6 Å². The van der Waals surface area contributed by atoms with Gasteiger partial charge in [-0.3, -0.25) is 4.79 Å². The molecule has 0 aliphatic heterocycles. The number of furan rings is 1. The van der Waals surface area contributed by atoms with Gasteiger partial charge in [0.2, 0.25) is 5.78 Å². The quantitative estimate of drug-likeness (QED) is 0.364. The monoisotopic (exact) mass is 337 g/mol. The van der Waals surface area contributed by atoms with E-state index < -0.39 is 0 Å². The molecule has 0 bridgehead atoms.